The summed E-state index contributed by atoms with van der Waals surface area (Å²) in [5.74, 6) is 0.681. The van der Waals surface area contributed by atoms with Crippen molar-refractivity contribution in [1.29, 1.82) is 5.26 Å². The van der Waals surface area contributed by atoms with E-state index in [-0.39, 0.29) is 11.7 Å². The molecule has 0 saturated carbocycles. The summed E-state index contributed by atoms with van der Waals surface area (Å²) in [4.78, 5) is 12.3. The van der Waals surface area contributed by atoms with E-state index < -0.39 is 0 Å². The van der Waals surface area contributed by atoms with Crippen molar-refractivity contribution in [2.45, 2.75) is 19.0 Å². The molecule has 136 valence electrons. The molecule has 1 N–H and O–H groups in total. The Balaban J connectivity index is 1.70. The number of anilines is 1. The van der Waals surface area contributed by atoms with Crippen LogP contribution in [0.1, 0.15) is 17.0 Å². The van der Waals surface area contributed by atoms with Gasteiger partial charge < -0.3 is 5.32 Å². The molecule has 0 fully saturated rings. The van der Waals surface area contributed by atoms with Gasteiger partial charge in [0.05, 0.1) is 28.1 Å². The second-order valence-corrected chi connectivity index (χ2v) is 7.19. The number of hydrogen-bond acceptors (Lipinski definition) is 5. The van der Waals surface area contributed by atoms with Crippen molar-refractivity contribution in [3.63, 3.8) is 0 Å². The Morgan fingerprint density at radius 2 is 1.96 bits per heavy atom. The van der Waals surface area contributed by atoms with Crippen molar-refractivity contribution in [3.05, 3.63) is 64.4 Å². The summed E-state index contributed by atoms with van der Waals surface area (Å²) in [5.41, 5.74) is 3.02. The van der Waals surface area contributed by atoms with Crippen LogP contribution in [0.3, 0.4) is 0 Å². The first kappa shape index (κ1) is 19.0. The summed E-state index contributed by atoms with van der Waals surface area (Å²) >= 11 is 7.38. The third kappa shape index (κ3) is 4.48. The molecular weight excluding hydrogens is 382 g/mol. The summed E-state index contributed by atoms with van der Waals surface area (Å²) in [5, 5.41) is 20.9. The molecule has 0 aliphatic carbocycles. The molecule has 0 atom stereocenters. The smallest absolute Gasteiger partial charge is 0.234 e. The quantitative estimate of drug-likeness (QED) is 0.654. The minimum absolute atomic E-state index is 0.153. The van der Waals surface area contributed by atoms with E-state index >= 15 is 0 Å². The number of nitriles is 1. The molecule has 0 spiro atoms. The number of nitrogens with one attached hydrogen (secondary N) is 1. The number of halogens is 1. The predicted octanol–water partition coefficient (Wildman–Crippen LogP) is 4.14. The highest BCUT2D eigenvalue weighted by molar-refractivity contribution is 7.99. The second-order valence-electron chi connectivity index (χ2n) is 5.84. The molecule has 3 rings (SSSR count). The van der Waals surface area contributed by atoms with Crippen molar-refractivity contribution < 1.29 is 4.79 Å². The van der Waals surface area contributed by atoms with Gasteiger partial charge in [-0.05, 0) is 44.2 Å². The van der Waals surface area contributed by atoms with Crippen LogP contribution in [0.2, 0.25) is 5.02 Å². The predicted molar refractivity (Wildman–Crippen MR) is 106 cm³/mol. The lowest BCUT2D eigenvalue weighted by Crippen LogP contribution is -2.15. The normalized spacial score (nSPS) is 10.4. The fraction of sp³-hybridized carbons (Fsp3) is 0.158. The number of hydrogen-bond donors (Lipinski definition) is 1. The van der Waals surface area contributed by atoms with Crippen LogP contribution in [-0.2, 0) is 4.79 Å². The van der Waals surface area contributed by atoms with Gasteiger partial charge >= 0.3 is 0 Å². The molecule has 0 aliphatic rings. The highest BCUT2D eigenvalue weighted by atomic mass is 35.5. The monoisotopic (exact) mass is 397 g/mol. The Labute approximate surface area is 166 Å². The molecule has 0 bridgehead atoms. The second kappa shape index (κ2) is 8.25. The van der Waals surface area contributed by atoms with Crippen LogP contribution in [0.4, 0.5) is 5.69 Å². The van der Waals surface area contributed by atoms with Crippen LogP contribution < -0.4 is 5.32 Å². The number of carbonyl (C=O) groups is 1. The third-order valence-electron chi connectivity index (χ3n) is 3.79. The van der Waals surface area contributed by atoms with E-state index in [9.17, 15) is 4.79 Å². The number of nitrogens with zero attached hydrogens (tertiary/aromatic N) is 4. The average molecular weight is 398 g/mol. The molecule has 1 amide bonds. The van der Waals surface area contributed by atoms with Crippen LogP contribution >= 0.6 is 23.4 Å². The van der Waals surface area contributed by atoms with E-state index in [1.54, 1.807) is 12.1 Å². The zero-order valence-corrected chi connectivity index (χ0v) is 16.3. The minimum Gasteiger partial charge on any atom is -0.324 e. The highest BCUT2D eigenvalue weighted by Crippen LogP contribution is 2.25. The number of aromatic nitrogens is 3. The maximum absolute atomic E-state index is 12.3. The van der Waals surface area contributed by atoms with Gasteiger partial charge in [0.25, 0.3) is 0 Å². The number of carbonyl (C=O) groups excluding carboxylic acids is 1. The van der Waals surface area contributed by atoms with Gasteiger partial charge in [0.1, 0.15) is 5.82 Å². The van der Waals surface area contributed by atoms with Crippen molar-refractivity contribution in [2.75, 3.05) is 11.1 Å². The zero-order chi connectivity index (χ0) is 19.4. The van der Waals surface area contributed by atoms with Crippen molar-refractivity contribution in [1.82, 2.24) is 14.8 Å². The van der Waals surface area contributed by atoms with Crippen LogP contribution in [0.15, 0.2) is 47.6 Å². The lowest BCUT2D eigenvalue weighted by Gasteiger charge is -2.09. The fourth-order valence-corrected chi connectivity index (χ4v) is 3.46. The number of amides is 1. The molecule has 6 nitrogen and oxygen atoms in total. The maximum Gasteiger partial charge on any atom is 0.234 e. The first-order chi connectivity index (χ1) is 13.0. The van der Waals surface area contributed by atoms with E-state index in [2.05, 4.69) is 15.5 Å². The third-order valence-corrected chi connectivity index (χ3v) is 5.03. The van der Waals surface area contributed by atoms with Crippen molar-refractivity contribution in [3.8, 4) is 11.8 Å². The van der Waals surface area contributed by atoms with Crippen molar-refractivity contribution in [2.24, 2.45) is 0 Å². The SMILES string of the molecule is Cc1ccc(-n2c(C)nnc2SCC(=O)Nc2ccc(C#N)cc2Cl)cc1. The van der Waals surface area contributed by atoms with E-state index in [0.717, 1.165) is 17.1 Å². The topological polar surface area (TPSA) is 83.6 Å². The van der Waals surface area contributed by atoms with E-state index in [4.69, 9.17) is 16.9 Å². The number of benzene rings is 2. The molecular formula is C19H16ClN5OS. The first-order valence-corrected chi connectivity index (χ1v) is 9.45. The number of thioether (sulfide) groups is 1. The molecule has 1 aromatic heterocycles. The van der Waals surface area contributed by atoms with Gasteiger partial charge in [-0.1, -0.05) is 41.1 Å². The van der Waals surface area contributed by atoms with Gasteiger partial charge in [-0.3, -0.25) is 9.36 Å². The standard InChI is InChI=1S/C19H16ClN5OS/c1-12-3-6-15(7-4-12)25-13(2)23-24-19(25)27-11-18(26)22-17-8-5-14(10-21)9-16(17)20/h3-9H,11H2,1-2H3,(H,22,26). The number of aryl methyl sites for hydroxylation is 2. The first-order valence-electron chi connectivity index (χ1n) is 8.09. The summed E-state index contributed by atoms with van der Waals surface area (Å²) in [6.07, 6.45) is 0. The van der Waals surface area contributed by atoms with Gasteiger partial charge in [-0.25, -0.2) is 0 Å². The number of rotatable bonds is 5. The van der Waals surface area contributed by atoms with Gasteiger partial charge in [-0.2, -0.15) is 5.26 Å². The maximum atomic E-state index is 12.3. The highest BCUT2D eigenvalue weighted by Gasteiger charge is 2.14. The van der Waals surface area contributed by atoms with E-state index in [0.29, 0.717) is 21.4 Å². The molecule has 27 heavy (non-hydrogen) atoms. The van der Waals surface area contributed by atoms with Gasteiger partial charge in [0.2, 0.25) is 5.91 Å². The van der Waals surface area contributed by atoms with Crippen molar-refractivity contribution >= 4 is 35.0 Å². The molecule has 2 aromatic carbocycles. The molecule has 0 unspecified atom stereocenters. The average Bonchev–Trinajstić information content (AvgIpc) is 3.03. The molecule has 0 aliphatic heterocycles. The van der Waals surface area contributed by atoms with Crippen LogP contribution in [0, 0.1) is 25.2 Å². The van der Waals surface area contributed by atoms with E-state index in [1.165, 1.54) is 17.8 Å². The minimum atomic E-state index is -0.220. The molecule has 3 aromatic rings. The van der Waals surface area contributed by atoms with Gasteiger partial charge in [-0.15, -0.1) is 10.2 Å². The molecule has 1 heterocycles. The Hall–Kier alpha value is -2.82. The largest absolute Gasteiger partial charge is 0.324 e. The Kier molecular flexibility index (Phi) is 5.79. The molecule has 8 heteroatoms. The lowest BCUT2D eigenvalue weighted by atomic mass is 10.2. The Morgan fingerprint density at radius 1 is 1.22 bits per heavy atom. The van der Waals surface area contributed by atoms with E-state index in [1.807, 2.05) is 48.7 Å². The Morgan fingerprint density at radius 3 is 2.63 bits per heavy atom. The summed E-state index contributed by atoms with van der Waals surface area (Å²) in [7, 11) is 0. The lowest BCUT2D eigenvalue weighted by molar-refractivity contribution is -0.113. The van der Waals surface area contributed by atoms with Gasteiger partial charge in [0, 0.05) is 5.69 Å². The zero-order valence-electron chi connectivity index (χ0n) is 14.7. The summed E-state index contributed by atoms with van der Waals surface area (Å²) in [6, 6.07) is 14.8. The fourth-order valence-electron chi connectivity index (χ4n) is 2.43. The van der Waals surface area contributed by atoms with Crippen LogP contribution in [0.5, 0.6) is 0 Å². The molecule has 0 radical (unpaired) electrons. The Bertz CT molecular complexity index is 1020. The van der Waals surface area contributed by atoms with Crippen LogP contribution in [-0.4, -0.2) is 26.4 Å². The summed E-state index contributed by atoms with van der Waals surface area (Å²) in [6.45, 7) is 3.89. The van der Waals surface area contributed by atoms with Crippen LogP contribution in [0.25, 0.3) is 5.69 Å². The van der Waals surface area contributed by atoms with Gasteiger partial charge in [0.15, 0.2) is 5.16 Å². The molecule has 0 saturated heterocycles. The summed E-state index contributed by atoms with van der Waals surface area (Å²) < 4.78 is 1.91.